The quantitative estimate of drug-likeness (QED) is 0.395. The molecule has 13 heavy (non-hydrogen) atoms. The predicted molar refractivity (Wildman–Crippen MR) is 43.8 cm³/mol. The zero-order valence-electron chi connectivity index (χ0n) is 8.16. The summed E-state index contributed by atoms with van der Waals surface area (Å²) in [5, 5.41) is 8.79. The van der Waals surface area contributed by atoms with Gasteiger partial charge in [-0.05, 0) is 6.92 Å². The third kappa shape index (κ3) is 3.50. The van der Waals surface area contributed by atoms with Crippen molar-refractivity contribution < 1.29 is 31.5 Å². The van der Waals surface area contributed by atoms with Gasteiger partial charge >= 0.3 is 5.97 Å². The van der Waals surface area contributed by atoms with Crippen molar-refractivity contribution >= 4 is 5.97 Å². The second-order valence-corrected chi connectivity index (χ2v) is 3.93. The summed E-state index contributed by atoms with van der Waals surface area (Å²) in [5.41, 5.74) is 0. The number of carboxylic acids is 1. The summed E-state index contributed by atoms with van der Waals surface area (Å²) in [5.74, 6) is -0.749. The molecule has 0 aromatic rings. The molecule has 0 aromatic carbocycles. The lowest BCUT2D eigenvalue weighted by atomic mass is 10.2. The summed E-state index contributed by atoms with van der Waals surface area (Å²) in [6.07, 6.45) is 0.279. The van der Waals surface area contributed by atoms with Crippen molar-refractivity contribution in [3.05, 3.63) is 0 Å². The van der Waals surface area contributed by atoms with Crippen molar-refractivity contribution in [3.8, 4) is 0 Å². The first-order valence-corrected chi connectivity index (χ1v) is 4.10. The number of carboxylic acid groups (broad SMARTS) is 1. The molecule has 78 valence electrons. The third-order valence-electron chi connectivity index (χ3n) is 2.48. The maximum absolute atomic E-state index is 10.7. The van der Waals surface area contributed by atoms with Gasteiger partial charge in [0.1, 0.15) is 12.6 Å². The summed E-state index contributed by atoms with van der Waals surface area (Å²) in [4.78, 5) is 10.7. The van der Waals surface area contributed by atoms with Gasteiger partial charge in [-0.3, -0.25) is 0 Å². The number of quaternary nitrogens is 1. The van der Waals surface area contributed by atoms with E-state index in [2.05, 4.69) is 0 Å². The number of aliphatic carboxylic acids is 1. The molecule has 1 aliphatic rings. The predicted octanol–water partition coefficient (Wildman–Crippen LogP) is -3.06. The van der Waals surface area contributed by atoms with Crippen LogP contribution in [0.5, 0.6) is 0 Å². The molecule has 1 saturated heterocycles. The maximum atomic E-state index is 10.7. The highest BCUT2D eigenvalue weighted by molar-refractivity contribution is 5.71. The summed E-state index contributed by atoms with van der Waals surface area (Å²) in [6.45, 7) is 3.30. The summed E-state index contributed by atoms with van der Waals surface area (Å²) in [7, 11) is 3.83. The van der Waals surface area contributed by atoms with Crippen molar-refractivity contribution in [1.29, 1.82) is 0 Å². The molecular weight excluding hydrogens is 194 g/mol. The van der Waals surface area contributed by atoms with Gasteiger partial charge in [0.05, 0.1) is 20.7 Å². The molecule has 0 amide bonds. The van der Waals surface area contributed by atoms with Crippen LogP contribution in [0, 0.1) is 0 Å². The van der Waals surface area contributed by atoms with E-state index in [9.17, 15) is 4.79 Å². The number of carbonyl (C=O) groups is 1. The monoisotopic (exact) mass is 209 g/mol. The average molecular weight is 210 g/mol. The average Bonchev–Trinajstić information content (AvgIpc) is 2.69. The number of hydrogen-bond donors (Lipinski definition) is 1. The van der Waals surface area contributed by atoms with E-state index in [1.807, 2.05) is 14.1 Å². The Bertz CT molecular complexity index is 192. The van der Waals surface area contributed by atoms with E-state index in [4.69, 9.17) is 9.84 Å². The first-order valence-electron chi connectivity index (χ1n) is 4.10. The molecule has 1 rings (SSSR count). The molecular formula is C8H16ClNO3. The Kier molecular flexibility index (Phi) is 4.16. The van der Waals surface area contributed by atoms with Crippen LogP contribution in [-0.2, 0) is 9.53 Å². The highest BCUT2D eigenvalue weighted by Gasteiger charge is 2.37. The fourth-order valence-corrected chi connectivity index (χ4v) is 1.16. The summed E-state index contributed by atoms with van der Waals surface area (Å²) >= 11 is 0. The van der Waals surface area contributed by atoms with Crippen LogP contribution in [0.3, 0.4) is 0 Å². The Morgan fingerprint density at radius 1 is 1.69 bits per heavy atom. The lowest BCUT2D eigenvalue weighted by molar-refractivity contribution is -0.905. The van der Waals surface area contributed by atoms with Gasteiger partial charge < -0.3 is 26.7 Å². The lowest BCUT2D eigenvalue weighted by Gasteiger charge is -2.32. The van der Waals surface area contributed by atoms with Gasteiger partial charge in [0.15, 0.2) is 6.04 Å². The van der Waals surface area contributed by atoms with Crippen LogP contribution in [0.2, 0.25) is 0 Å². The third-order valence-corrected chi connectivity index (χ3v) is 2.48. The van der Waals surface area contributed by atoms with Gasteiger partial charge in [-0.2, -0.15) is 0 Å². The van der Waals surface area contributed by atoms with E-state index in [1.165, 1.54) is 0 Å². The molecule has 0 saturated carbocycles. The molecule has 0 bridgehead atoms. The Balaban J connectivity index is 0.00000144. The Hall–Kier alpha value is -0.320. The van der Waals surface area contributed by atoms with Gasteiger partial charge in [0.25, 0.3) is 0 Å². The Labute approximate surface area is 84.5 Å². The van der Waals surface area contributed by atoms with Gasteiger partial charge in [-0.1, -0.05) is 0 Å². The minimum absolute atomic E-state index is 0. The SMILES string of the molecule is CC(C(=O)O)[N+](C)(C)CC1CO1.[Cl-]. The molecule has 1 N–H and O–H groups in total. The number of rotatable bonds is 4. The molecule has 2 atom stereocenters. The second kappa shape index (κ2) is 4.26. The van der Waals surface area contributed by atoms with Crippen molar-refractivity contribution in [3.63, 3.8) is 0 Å². The van der Waals surface area contributed by atoms with Crippen molar-refractivity contribution in [2.24, 2.45) is 0 Å². The molecule has 1 fully saturated rings. The van der Waals surface area contributed by atoms with Crippen LogP contribution in [0.15, 0.2) is 0 Å². The minimum atomic E-state index is -0.749. The topological polar surface area (TPSA) is 49.8 Å². The molecule has 0 aromatic heterocycles. The van der Waals surface area contributed by atoms with Crippen LogP contribution in [0.25, 0.3) is 0 Å². The molecule has 2 unspecified atom stereocenters. The summed E-state index contributed by atoms with van der Waals surface area (Å²) < 4.78 is 5.55. The standard InChI is InChI=1S/C8H15NO3.ClH/c1-6(8(10)11)9(2,3)4-7-5-12-7;/h6-7H,4-5H2,1-3H3;1H. The first-order chi connectivity index (χ1) is 5.43. The fraction of sp³-hybridized carbons (Fsp3) is 0.875. The zero-order valence-corrected chi connectivity index (χ0v) is 8.91. The van der Waals surface area contributed by atoms with Gasteiger partial charge in [0.2, 0.25) is 0 Å². The normalized spacial score (nSPS) is 23.2. The molecule has 0 radical (unpaired) electrons. The van der Waals surface area contributed by atoms with Crippen LogP contribution >= 0.6 is 0 Å². The molecule has 4 nitrogen and oxygen atoms in total. The van der Waals surface area contributed by atoms with E-state index in [1.54, 1.807) is 6.92 Å². The number of halogens is 1. The van der Waals surface area contributed by atoms with Crippen LogP contribution < -0.4 is 12.4 Å². The van der Waals surface area contributed by atoms with Gasteiger partial charge in [0, 0.05) is 0 Å². The van der Waals surface area contributed by atoms with Crippen LogP contribution in [0.4, 0.5) is 0 Å². The number of epoxide rings is 1. The van der Waals surface area contributed by atoms with E-state index >= 15 is 0 Å². The summed E-state index contributed by atoms with van der Waals surface area (Å²) in [6, 6.07) is -0.366. The van der Waals surface area contributed by atoms with Crippen LogP contribution in [-0.4, -0.2) is 55.0 Å². The Morgan fingerprint density at radius 3 is 2.46 bits per heavy atom. The highest BCUT2D eigenvalue weighted by Crippen LogP contribution is 2.16. The van der Waals surface area contributed by atoms with Crippen molar-refractivity contribution in [2.75, 3.05) is 27.2 Å². The lowest BCUT2D eigenvalue weighted by Crippen LogP contribution is -3.00. The molecule has 0 aliphatic carbocycles. The van der Waals surface area contributed by atoms with Gasteiger partial charge in [-0.15, -0.1) is 0 Å². The van der Waals surface area contributed by atoms with Gasteiger partial charge in [-0.25, -0.2) is 4.79 Å². The van der Waals surface area contributed by atoms with E-state index in [-0.39, 0.29) is 24.6 Å². The van der Waals surface area contributed by atoms with E-state index in [0.717, 1.165) is 13.2 Å². The molecule has 5 heteroatoms. The van der Waals surface area contributed by atoms with Crippen LogP contribution in [0.1, 0.15) is 6.92 Å². The number of hydrogen-bond acceptors (Lipinski definition) is 2. The van der Waals surface area contributed by atoms with E-state index < -0.39 is 5.97 Å². The highest BCUT2D eigenvalue weighted by atomic mass is 35.5. The first kappa shape index (κ1) is 12.7. The maximum Gasteiger partial charge on any atom is 0.362 e. The fourth-order valence-electron chi connectivity index (χ4n) is 1.16. The van der Waals surface area contributed by atoms with E-state index in [0.29, 0.717) is 4.48 Å². The number of nitrogens with zero attached hydrogens (tertiary/aromatic N) is 1. The molecule has 1 aliphatic heterocycles. The van der Waals surface area contributed by atoms with Crippen molar-refractivity contribution in [2.45, 2.75) is 19.1 Å². The second-order valence-electron chi connectivity index (χ2n) is 3.93. The Morgan fingerprint density at radius 2 is 2.15 bits per heavy atom. The van der Waals surface area contributed by atoms with Crippen molar-refractivity contribution in [1.82, 2.24) is 0 Å². The largest absolute Gasteiger partial charge is 1.00 e. The molecule has 1 heterocycles. The minimum Gasteiger partial charge on any atom is -1.00 e. The number of ether oxygens (including phenoxy) is 1. The number of likely N-dealkylation sites (N-methyl/N-ethyl adjacent to an activating group) is 1. The molecule has 0 spiro atoms. The zero-order chi connectivity index (χ0) is 9.35. The smallest absolute Gasteiger partial charge is 0.362 e.